The van der Waals surface area contributed by atoms with E-state index in [9.17, 15) is 0 Å². The van der Waals surface area contributed by atoms with Crippen LogP contribution in [0, 0.1) is 0 Å². The van der Waals surface area contributed by atoms with Gasteiger partial charge in [0.1, 0.15) is 18.3 Å². The molecule has 5 aromatic rings. The van der Waals surface area contributed by atoms with Crippen LogP contribution in [-0.4, -0.2) is 34.5 Å². The third-order valence-corrected chi connectivity index (χ3v) is 8.18. The van der Waals surface area contributed by atoms with Gasteiger partial charge < -0.3 is 18.9 Å². The number of hydrogen-bond donors (Lipinski definition) is 0. The fraction of sp³-hybridized carbons (Fsp3) is 0.242. The predicted molar refractivity (Wildman–Crippen MR) is 165 cm³/mol. The lowest BCUT2D eigenvalue weighted by atomic mass is 10.1. The quantitative estimate of drug-likeness (QED) is 0.148. The molecule has 1 saturated heterocycles. The van der Waals surface area contributed by atoms with E-state index in [1.54, 1.807) is 16.7 Å². The molecule has 0 bridgehead atoms. The Balaban J connectivity index is 1.33. The fourth-order valence-corrected chi connectivity index (χ4v) is 5.73. The van der Waals surface area contributed by atoms with Gasteiger partial charge in [-0.2, -0.15) is 0 Å². The number of ether oxygens (including phenoxy) is 4. The molecule has 1 aliphatic heterocycles. The molecule has 1 fully saturated rings. The molecule has 1 aromatic heterocycles. The van der Waals surface area contributed by atoms with E-state index in [4.69, 9.17) is 53.8 Å². The minimum absolute atomic E-state index is 0.231. The number of aromatic nitrogens is 2. The van der Waals surface area contributed by atoms with Gasteiger partial charge in [-0.3, -0.25) is 4.57 Å². The summed E-state index contributed by atoms with van der Waals surface area (Å²) in [6, 6.07) is 33.5. The van der Waals surface area contributed by atoms with Crippen molar-refractivity contribution >= 4 is 45.8 Å². The SMILES string of the molecule is Clc1cc2nc(Cl)n([C@@H]3O[C@H](COCc4ccccc4)[C@@H](OCc4ccccc4)[C@@H]3OCc3ccccc3)c2cc1Cl. The summed E-state index contributed by atoms with van der Waals surface area (Å²) in [6.07, 6.45) is -2.16. The van der Waals surface area contributed by atoms with Gasteiger partial charge >= 0.3 is 0 Å². The first-order valence-corrected chi connectivity index (χ1v) is 14.8. The molecule has 4 atom stereocenters. The summed E-state index contributed by atoms with van der Waals surface area (Å²) in [5, 5.41) is 1.02. The van der Waals surface area contributed by atoms with Crippen molar-refractivity contribution in [2.45, 2.75) is 44.4 Å². The molecule has 216 valence electrons. The molecule has 0 saturated carbocycles. The molecule has 1 aliphatic rings. The molecule has 9 heteroatoms. The third-order valence-electron chi connectivity index (χ3n) is 7.19. The number of imidazole rings is 1. The van der Waals surface area contributed by atoms with Gasteiger partial charge in [0.15, 0.2) is 6.23 Å². The first kappa shape index (κ1) is 29.1. The molecular weight excluding hydrogens is 595 g/mol. The molecule has 0 spiro atoms. The van der Waals surface area contributed by atoms with Gasteiger partial charge in [0.05, 0.1) is 47.5 Å². The van der Waals surface area contributed by atoms with Crippen LogP contribution in [0.2, 0.25) is 15.3 Å². The second-order valence-electron chi connectivity index (χ2n) is 10.1. The minimum atomic E-state index is -0.672. The third kappa shape index (κ3) is 6.66. The van der Waals surface area contributed by atoms with Gasteiger partial charge in [0, 0.05) is 0 Å². The van der Waals surface area contributed by atoms with E-state index in [0.717, 1.165) is 16.7 Å². The summed E-state index contributed by atoms with van der Waals surface area (Å²) in [6.45, 7) is 1.45. The zero-order valence-electron chi connectivity index (χ0n) is 22.6. The first-order chi connectivity index (χ1) is 20.6. The van der Waals surface area contributed by atoms with Crippen LogP contribution in [0.5, 0.6) is 0 Å². The van der Waals surface area contributed by atoms with Gasteiger partial charge in [0.2, 0.25) is 5.28 Å². The zero-order valence-corrected chi connectivity index (χ0v) is 24.9. The maximum absolute atomic E-state index is 6.75. The molecule has 0 N–H and O–H groups in total. The summed E-state index contributed by atoms with van der Waals surface area (Å²) in [4.78, 5) is 4.54. The second kappa shape index (κ2) is 13.6. The first-order valence-electron chi connectivity index (χ1n) is 13.7. The van der Waals surface area contributed by atoms with Crippen molar-refractivity contribution in [3.8, 4) is 0 Å². The summed E-state index contributed by atoms with van der Waals surface area (Å²) in [7, 11) is 0. The zero-order chi connectivity index (χ0) is 28.9. The number of rotatable bonds is 11. The molecule has 2 heterocycles. The van der Waals surface area contributed by atoms with Crippen molar-refractivity contribution in [2.24, 2.45) is 0 Å². The van der Waals surface area contributed by atoms with Gasteiger partial charge in [-0.25, -0.2) is 4.98 Å². The Bertz CT molecular complexity index is 1600. The van der Waals surface area contributed by atoms with Crippen LogP contribution in [0.1, 0.15) is 22.9 Å². The van der Waals surface area contributed by atoms with E-state index in [0.29, 0.717) is 40.9 Å². The standard InChI is InChI=1S/C33H29Cl3N2O4/c34-25-16-27-28(17-26(25)35)38(33(36)37-27)32-31(41-20-24-14-8-3-9-15-24)30(40-19-23-12-6-2-7-13-23)29(42-32)21-39-18-22-10-4-1-5-11-22/h1-17,29-32H,18-21H2/t29-,30-,31+,32-/m1/s1. The van der Waals surface area contributed by atoms with Crippen LogP contribution >= 0.6 is 34.8 Å². The average Bonchev–Trinajstić information content (AvgIpc) is 3.51. The van der Waals surface area contributed by atoms with Crippen LogP contribution in [0.4, 0.5) is 0 Å². The monoisotopic (exact) mass is 622 g/mol. The maximum atomic E-state index is 6.75. The minimum Gasteiger partial charge on any atom is -0.374 e. The molecule has 0 unspecified atom stereocenters. The Morgan fingerprint density at radius 3 is 1.79 bits per heavy atom. The van der Waals surface area contributed by atoms with Crippen molar-refractivity contribution in [1.82, 2.24) is 9.55 Å². The fourth-order valence-electron chi connectivity index (χ4n) is 5.13. The van der Waals surface area contributed by atoms with Crippen LogP contribution in [0.3, 0.4) is 0 Å². The molecular formula is C33H29Cl3N2O4. The van der Waals surface area contributed by atoms with E-state index in [1.807, 2.05) is 91.0 Å². The van der Waals surface area contributed by atoms with Crippen molar-refractivity contribution in [3.63, 3.8) is 0 Å². The lowest BCUT2D eigenvalue weighted by molar-refractivity contribution is -0.0913. The molecule has 6 nitrogen and oxygen atoms in total. The number of hydrogen-bond acceptors (Lipinski definition) is 5. The van der Waals surface area contributed by atoms with E-state index in [2.05, 4.69) is 4.98 Å². The van der Waals surface area contributed by atoms with E-state index in [-0.39, 0.29) is 11.9 Å². The Morgan fingerprint density at radius 2 is 1.19 bits per heavy atom. The predicted octanol–water partition coefficient (Wildman–Crippen LogP) is 8.28. The van der Waals surface area contributed by atoms with Gasteiger partial charge in [-0.1, -0.05) is 114 Å². The Labute approximate surface area is 259 Å². The highest BCUT2D eigenvalue weighted by Crippen LogP contribution is 2.40. The largest absolute Gasteiger partial charge is 0.374 e. The highest BCUT2D eigenvalue weighted by Gasteiger charge is 2.48. The second-order valence-corrected chi connectivity index (χ2v) is 11.2. The highest BCUT2D eigenvalue weighted by atomic mass is 35.5. The van der Waals surface area contributed by atoms with Gasteiger partial charge in [0.25, 0.3) is 0 Å². The molecule has 0 radical (unpaired) electrons. The van der Waals surface area contributed by atoms with Crippen LogP contribution in [-0.2, 0) is 38.8 Å². The van der Waals surface area contributed by atoms with E-state index in [1.165, 1.54) is 0 Å². The number of halogens is 3. The van der Waals surface area contributed by atoms with Crippen molar-refractivity contribution in [1.29, 1.82) is 0 Å². The number of nitrogens with zero attached hydrogens (tertiary/aromatic N) is 2. The molecule has 0 amide bonds. The van der Waals surface area contributed by atoms with Crippen LogP contribution < -0.4 is 0 Å². The van der Waals surface area contributed by atoms with Crippen LogP contribution in [0.15, 0.2) is 103 Å². The summed E-state index contributed by atoms with van der Waals surface area (Å²) in [5.41, 5.74) is 4.42. The number of benzene rings is 4. The summed E-state index contributed by atoms with van der Waals surface area (Å²) >= 11 is 19.5. The van der Waals surface area contributed by atoms with E-state index >= 15 is 0 Å². The average molecular weight is 624 g/mol. The molecule has 4 aromatic carbocycles. The molecule has 6 rings (SSSR count). The highest BCUT2D eigenvalue weighted by molar-refractivity contribution is 6.42. The Kier molecular flexibility index (Phi) is 9.42. The lowest BCUT2D eigenvalue weighted by Crippen LogP contribution is -2.38. The van der Waals surface area contributed by atoms with Crippen LogP contribution in [0.25, 0.3) is 11.0 Å². The lowest BCUT2D eigenvalue weighted by Gasteiger charge is -2.26. The topological polar surface area (TPSA) is 54.7 Å². The summed E-state index contributed by atoms with van der Waals surface area (Å²) in [5.74, 6) is 0. The summed E-state index contributed by atoms with van der Waals surface area (Å²) < 4.78 is 27.8. The van der Waals surface area contributed by atoms with Gasteiger partial charge in [-0.05, 0) is 40.4 Å². The maximum Gasteiger partial charge on any atom is 0.206 e. The molecule has 42 heavy (non-hydrogen) atoms. The normalized spacial score (nSPS) is 20.4. The van der Waals surface area contributed by atoms with Crippen molar-refractivity contribution in [3.05, 3.63) is 135 Å². The van der Waals surface area contributed by atoms with Crippen molar-refractivity contribution < 1.29 is 18.9 Å². The van der Waals surface area contributed by atoms with Gasteiger partial charge in [-0.15, -0.1) is 0 Å². The smallest absolute Gasteiger partial charge is 0.206 e. The Hall–Kier alpha value is -2.94. The number of fused-ring (bicyclic) bond motifs is 1. The Morgan fingerprint density at radius 1 is 0.667 bits per heavy atom. The molecule has 0 aliphatic carbocycles. The van der Waals surface area contributed by atoms with Crippen molar-refractivity contribution in [2.75, 3.05) is 6.61 Å². The van der Waals surface area contributed by atoms with E-state index < -0.39 is 24.5 Å².